The Labute approximate surface area is 201 Å². The second-order valence-electron chi connectivity index (χ2n) is 8.56. The highest BCUT2D eigenvalue weighted by atomic mass is 16.5. The molecule has 34 heavy (non-hydrogen) atoms. The first kappa shape index (κ1) is 25.3. The Kier molecular flexibility index (Phi) is 9.52. The molecule has 0 radical (unpaired) electrons. The van der Waals surface area contributed by atoms with Gasteiger partial charge in [-0.05, 0) is 79.6 Å². The summed E-state index contributed by atoms with van der Waals surface area (Å²) in [5.74, 6) is -0.770. The highest BCUT2D eigenvalue weighted by Crippen LogP contribution is 2.24. The second-order valence-corrected chi connectivity index (χ2v) is 8.56. The molecule has 182 valence electrons. The van der Waals surface area contributed by atoms with Crippen molar-refractivity contribution in [2.45, 2.75) is 57.7 Å². The fraction of sp³-hybridized carbons (Fsp3) is 0.407. The number of benzene rings is 2. The van der Waals surface area contributed by atoms with E-state index in [0.717, 1.165) is 49.8 Å². The quantitative estimate of drug-likeness (QED) is 0.300. The SMILES string of the molecule is CCCOC1CCC(OC(=O)c2ccc(C=CC(=O)OCCc3cc(N)cc(N)c3)cc2)CC1. The van der Waals surface area contributed by atoms with Crippen molar-refractivity contribution in [1.29, 1.82) is 0 Å². The van der Waals surface area contributed by atoms with E-state index in [9.17, 15) is 9.59 Å². The highest BCUT2D eigenvalue weighted by Gasteiger charge is 2.24. The van der Waals surface area contributed by atoms with Crippen LogP contribution in [0.1, 0.15) is 60.5 Å². The summed E-state index contributed by atoms with van der Waals surface area (Å²) in [5.41, 5.74) is 14.9. The van der Waals surface area contributed by atoms with E-state index >= 15 is 0 Å². The lowest BCUT2D eigenvalue weighted by Gasteiger charge is -2.28. The number of carbonyl (C=O) groups excluding carboxylic acids is 2. The molecule has 0 spiro atoms. The predicted octanol–water partition coefficient (Wildman–Crippen LogP) is 4.54. The summed E-state index contributed by atoms with van der Waals surface area (Å²) in [6.45, 7) is 3.11. The second kappa shape index (κ2) is 12.8. The molecule has 4 N–H and O–H groups in total. The molecule has 1 saturated carbocycles. The molecule has 0 aliphatic heterocycles. The van der Waals surface area contributed by atoms with Gasteiger partial charge in [0, 0.05) is 30.5 Å². The van der Waals surface area contributed by atoms with E-state index in [0.29, 0.717) is 23.4 Å². The number of esters is 2. The normalized spacial score (nSPS) is 18.0. The van der Waals surface area contributed by atoms with Crippen LogP contribution in [0.25, 0.3) is 6.08 Å². The summed E-state index contributed by atoms with van der Waals surface area (Å²) in [6.07, 6.45) is 8.27. The summed E-state index contributed by atoms with van der Waals surface area (Å²) in [4.78, 5) is 24.4. The first-order valence-electron chi connectivity index (χ1n) is 11.9. The van der Waals surface area contributed by atoms with Gasteiger partial charge in [0.2, 0.25) is 0 Å². The number of hydrogen-bond acceptors (Lipinski definition) is 7. The number of nitrogen functional groups attached to an aromatic ring is 2. The molecule has 0 unspecified atom stereocenters. The van der Waals surface area contributed by atoms with Gasteiger partial charge >= 0.3 is 11.9 Å². The van der Waals surface area contributed by atoms with Crippen LogP contribution < -0.4 is 11.5 Å². The third kappa shape index (κ3) is 8.23. The van der Waals surface area contributed by atoms with Gasteiger partial charge in [-0.1, -0.05) is 19.1 Å². The summed E-state index contributed by atoms with van der Waals surface area (Å²) in [6, 6.07) is 12.2. The van der Waals surface area contributed by atoms with E-state index in [-0.39, 0.29) is 24.8 Å². The molecule has 0 aromatic heterocycles. The molecular formula is C27H34N2O5. The Morgan fingerprint density at radius 3 is 2.24 bits per heavy atom. The van der Waals surface area contributed by atoms with Gasteiger partial charge < -0.3 is 25.7 Å². The van der Waals surface area contributed by atoms with Crippen LogP contribution in [-0.4, -0.2) is 37.4 Å². The van der Waals surface area contributed by atoms with Crippen molar-refractivity contribution in [2.75, 3.05) is 24.7 Å². The zero-order valence-corrected chi connectivity index (χ0v) is 19.7. The molecule has 0 saturated heterocycles. The van der Waals surface area contributed by atoms with E-state index < -0.39 is 5.97 Å². The Hall–Kier alpha value is -3.32. The third-order valence-electron chi connectivity index (χ3n) is 5.68. The van der Waals surface area contributed by atoms with Crippen LogP contribution in [0, 0.1) is 0 Å². The number of carbonyl (C=O) groups is 2. The Morgan fingerprint density at radius 1 is 0.941 bits per heavy atom. The summed E-state index contributed by atoms with van der Waals surface area (Å²) >= 11 is 0. The Morgan fingerprint density at radius 2 is 1.59 bits per heavy atom. The maximum absolute atomic E-state index is 12.5. The van der Waals surface area contributed by atoms with E-state index in [1.54, 1.807) is 48.5 Å². The lowest BCUT2D eigenvalue weighted by Crippen LogP contribution is -2.28. The molecule has 3 rings (SSSR count). The van der Waals surface area contributed by atoms with E-state index in [1.807, 2.05) is 0 Å². The van der Waals surface area contributed by atoms with Crippen LogP contribution in [0.4, 0.5) is 11.4 Å². The highest BCUT2D eigenvalue weighted by molar-refractivity contribution is 5.90. The van der Waals surface area contributed by atoms with Crippen molar-refractivity contribution in [3.8, 4) is 0 Å². The Bertz CT molecular complexity index is 959. The van der Waals surface area contributed by atoms with Gasteiger partial charge in [0.1, 0.15) is 6.10 Å². The fourth-order valence-electron chi connectivity index (χ4n) is 3.92. The smallest absolute Gasteiger partial charge is 0.338 e. The summed E-state index contributed by atoms with van der Waals surface area (Å²) in [7, 11) is 0. The fourth-order valence-corrected chi connectivity index (χ4v) is 3.92. The zero-order valence-electron chi connectivity index (χ0n) is 19.7. The van der Waals surface area contributed by atoms with Gasteiger partial charge in [-0.3, -0.25) is 0 Å². The maximum atomic E-state index is 12.5. The lowest BCUT2D eigenvalue weighted by molar-refractivity contribution is -0.137. The van der Waals surface area contributed by atoms with Crippen molar-refractivity contribution >= 4 is 29.4 Å². The molecule has 0 bridgehead atoms. The number of rotatable bonds is 10. The predicted molar refractivity (Wildman–Crippen MR) is 133 cm³/mol. The maximum Gasteiger partial charge on any atom is 0.338 e. The van der Waals surface area contributed by atoms with Crippen LogP contribution in [0.3, 0.4) is 0 Å². The lowest BCUT2D eigenvalue weighted by atomic mass is 9.95. The van der Waals surface area contributed by atoms with Crippen LogP contribution in [0.15, 0.2) is 48.5 Å². The molecule has 2 aromatic rings. The molecule has 7 nitrogen and oxygen atoms in total. The zero-order chi connectivity index (χ0) is 24.3. The first-order chi connectivity index (χ1) is 16.4. The minimum absolute atomic E-state index is 0.0629. The average molecular weight is 467 g/mol. The average Bonchev–Trinajstić information content (AvgIpc) is 2.82. The summed E-state index contributed by atoms with van der Waals surface area (Å²) in [5, 5.41) is 0. The number of nitrogens with two attached hydrogens (primary N) is 2. The first-order valence-corrected chi connectivity index (χ1v) is 11.9. The van der Waals surface area contributed by atoms with Crippen LogP contribution in [0.2, 0.25) is 0 Å². The largest absolute Gasteiger partial charge is 0.462 e. The van der Waals surface area contributed by atoms with Crippen molar-refractivity contribution in [2.24, 2.45) is 0 Å². The van der Waals surface area contributed by atoms with E-state index in [1.165, 1.54) is 6.08 Å². The van der Waals surface area contributed by atoms with Crippen LogP contribution >= 0.6 is 0 Å². The number of hydrogen-bond donors (Lipinski definition) is 2. The van der Waals surface area contributed by atoms with Crippen molar-refractivity contribution < 1.29 is 23.8 Å². The standard InChI is InChI=1S/C27H34N2O5/c1-2-14-32-24-8-10-25(11-9-24)34-27(31)21-6-3-19(4-7-21)5-12-26(30)33-15-13-20-16-22(28)18-23(29)17-20/h3-7,12,16-18,24-25H,2,8-11,13-15,28-29H2,1H3. The van der Waals surface area contributed by atoms with Crippen LogP contribution in [0.5, 0.6) is 0 Å². The summed E-state index contributed by atoms with van der Waals surface area (Å²) < 4.78 is 16.7. The van der Waals surface area contributed by atoms with Gasteiger partial charge in [-0.15, -0.1) is 0 Å². The van der Waals surface area contributed by atoms with Crippen molar-refractivity contribution in [3.63, 3.8) is 0 Å². The number of ether oxygens (including phenoxy) is 3. The molecule has 7 heteroatoms. The van der Waals surface area contributed by atoms with Crippen molar-refractivity contribution in [1.82, 2.24) is 0 Å². The molecule has 1 aliphatic carbocycles. The topological polar surface area (TPSA) is 114 Å². The molecule has 1 fully saturated rings. The number of anilines is 2. The molecule has 1 aliphatic rings. The minimum Gasteiger partial charge on any atom is -0.462 e. The van der Waals surface area contributed by atoms with E-state index in [4.69, 9.17) is 25.7 Å². The Balaban J connectivity index is 1.40. The minimum atomic E-state index is -0.445. The molecular weight excluding hydrogens is 432 g/mol. The molecule has 0 heterocycles. The van der Waals surface area contributed by atoms with Gasteiger partial charge in [0.25, 0.3) is 0 Å². The molecule has 2 aromatic carbocycles. The third-order valence-corrected chi connectivity index (χ3v) is 5.68. The van der Waals surface area contributed by atoms with E-state index in [2.05, 4.69) is 6.92 Å². The van der Waals surface area contributed by atoms with Gasteiger partial charge in [-0.2, -0.15) is 0 Å². The van der Waals surface area contributed by atoms with Gasteiger partial charge in [0.15, 0.2) is 0 Å². The molecule has 0 atom stereocenters. The van der Waals surface area contributed by atoms with Crippen molar-refractivity contribution in [3.05, 3.63) is 65.2 Å². The van der Waals surface area contributed by atoms with Gasteiger partial charge in [-0.25, -0.2) is 9.59 Å². The molecule has 0 amide bonds. The van der Waals surface area contributed by atoms with Crippen LogP contribution in [-0.2, 0) is 25.4 Å². The monoisotopic (exact) mass is 466 g/mol. The van der Waals surface area contributed by atoms with Gasteiger partial charge in [0.05, 0.1) is 18.3 Å².